The summed E-state index contributed by atoms with van der Waals surface area (Å²) in [4.78, 5) is 10.8. The first-order valence-electron chi connectivity index (χ1n) is 6.32. The highest BCUT2D eigenvalue weighted by Gasteiger charge is 2.18. The van der Waals surface area contributed by atoms with Gasteiger partial charge in [0.15, 0.2) is 0 Å². The molecule has 5 nitrogen and oxygen atoms in total. The summed E-state index contributed by atoms with van der Waals surface area (Å²) >= 11 is 0.895. The monoisotopic (exact) mass is 325 g/mol. The van der Waals surface area contributed by atoms with Crippen LogP contribution in [0.4, 0.5) is 0 Å². The van der Waals surface area contributed by atoms with Crippen molar-refractivity contribution in [1.82, 2.24) is 4.72 Å². The number of carboxylic acid groups (broad SMARTS) is 1. The zero-order chi connectivity index (χ0) is 15.5. The van der Waals surface area contributed by atoms with Crippen LogP contribution in [-0.4, -0.2) is 19.5 Å². The minimum atomic E-state index is -3.70. The molecule has 0 bridgehead atoms. The lowest BCUT2D eigenvalue weighted by molar-refractivity contribution is 0.0702. The van der Waals surface area contributed by atoms with Gasteiger partial charge in [-0.15, -0.1) is 11.3 Å². The summed E-state index contributed by atoms with van der Waals surface area (Å²) in [6, 6.07) is 8.76. The van der Waals surface area contributed by atoms with Crippen LogP contribution in [0.15, 0.2) is 40.6 Å². The number of benzene rings is 1. The van der Waals surface area contributed by atoms with Crippen LogP contribution in [0.3, 0.4) is 0 Å². The van der Waals surface area contributed by atoms with E-state index in [0.717, 1.165) is 28.9 Å². The molecule has 1 aromatic heterocycles. The molecule has 0 aliphatic carbocycles. The molecule has 0 saturated carbocycles. The molecule has 2 rings (SSSR count). The number of nitrogens with one attached hydrogen (secondary N) is 1. The van der Waals surface area contributed by atoms with E-state index < -0.39 is 16.0 Å². The van der Waals surface area contributed by atoms with E-state index in [1.165, 1.54) is 11.4 Å². The smallest absolute Gasteiger partial charge is 0.345 e. The summed E-state index contributed by atoms with van der Waals surface area (Å²) < 4.78 is 26.8. The fourth-order valence-corrected chi connectivity index (χ4v) is 4.02. The SMILES string of the molecule is CCc1ccccc1CNS(=O)(=O)c1csc(C(=O)O)c1. The summed E-state index contributed by atoms with van der Waals surface area (Å²) in [5.41, 5.74) is 1.99. The third kappa shape index (κ3) is 3.69. The van der Waals surface area contributed by atoms with Crippen molar-refractivity contribution in [2.24, 2.45) is 0 Å². The highest BCUT2D eigenvalue weighted by atomic mass is 32.2. The molecule has 0 fully saturated rings. The summed E-state index contributed by atoms with van der Waals surface area (Å²) in [7, 11) is -3.70. The van der Waals surface area contributed by atoms with Gasteiger partial charge in [0, 0.05) is 11.9 Å². The van der Waals surface area contributed by atoms with E-state index in [4.69, 9.17) is 5.11 Å². The summed E-state index contributed by atoms with van der Waals surface area (Å²) in [5.74, 6) is -1.13. The Hall–Kier alpha value is -1.70. The molecule has 1 heterocycles. The molecule has 0 aliphatic rings. The van der Waals surface area contributed by atoms with Crippen molar-refractivity contribution in [3.05, 3.63) is 51.7 Å². The Labute approximate surface area is 127 Å². The number of hydrogen-bond acceptors (Lipinski definition) is 4. The molecule has 2 N–H and O–H groups in total. The predicted octanol–water partition coefficient (Wildman–Crippen LogP) is 2.49. The van der Waals surface area contributed by atoms with Gasteiger partial charge in [-0.2, -0.15) is 0 Å². The van der Waals surface area contributed by atoms with Crippen LogP contribution in [0.5, 0.6) is 0 Å². The Morgan fingerprint density at radius 3 is 2.52 bits per heavy atom. The Morgan fingerprint density at radius 2 is 1.95 bits per heavy atom. The Bertz CT molecular complexity index is 750. The van der Waals surface area contributed by atoms with Crippen LogP contribution in [0.25, 0.3) is 0 Å². The van der Waals surface area contributed by atoms with Gasteiger partial charge in [-0.05, 0) is 23.6 Å². The lowest BCUT2D eigenvalue weighted by Crippen LogP contribution is -2.23. The van der Waals surface area contributed by atoms with E-state index in [9.17, 15) is 13.2 Å². The van der Waals surface area contributed by atoms with Crippen molar-refractivity contribution in [2.75, 3.05) is 0 Å². The molecule has 0 unspecified atom stereocenters. The Kier molecular flexibility index (Phi) is 4.76. The average molecular weight is 325 g/mol. The van der Waals surface area contributed by atoms with Crippen molar-refractivity contribution in [3.8, 4) is 0 Å². The van der Waals surface area contributed by atoms with E-state index in [2.05, 4.69) is 4.72 Å². The first-order chi connectivity index (χ1) is 9.94. The number of aromatic carboxylic acids is 1. The predicted molar refractivity (Wildman–Crippen MR) is 81.1 cm³/mol. The van der Waals surface area contributed by atoms with E-state index in [0.29, 0.717) is 0 Å². The minimum absolute atomic E-state index is 0.00401. The van der Waals surface area contributed by atoms with Gasteiger partial charge in [-0.25, -0.2) is 17.9 Å². The quantitative estimate of drug-likeness (QED) is 0.854. The Balaban J connectivity index is 2.16. The number of carbonyl (C=O) groups is 1. The molecule has 112 valence electrons. The fourth-order valence-electron chi connectivity index (χ4n) is 1.90. The van der Waals surface area contributed by atoms with Crippen molar-refractivity contribution in [1.29, 1.82) is 0 Å². The van der Waals surface area contributed by atoms with Gasteiger partial charge in [-0.1, -0.05) is 31.2 Å². The molecule has 2 aromatic rings. The highest BCUT2D eigenvalue weighted by molar-refractivity contribution is 7.89. The fraction of sp³-hybridized carbons (Fsp3) is 0.214. The Morgan fingerprint density at radius 1 is 1.29 bits per heavy atom. The van der Waals surface area contributed by atoms with Crippen molar-refractivity contribution < 1.29 is 18.3 Å². The second kappa shape index (κ2) is 6.38. The summed E-state index contributed by atoms with van der Waals surface area (Å²) in [6.45, 7) is 2.19. The number of sulfonamides is 1. The maximum atomic E-state index is 12.1. The second-order valence-electron chi connectivity index (χ2n) is 4.40. The molecule has 0 spiro atoms. The number of thiophene rings is 1. The molecule has 0 amide bonds. The number of carboxylic acids is 1. The molecule has 0 aliphatic heterocycles. The number of rotatable bonds is 6. The van der Waals surface area contributed by atoms with Gasteiger partial charge in [0.1, 0.15) is 4.88 Å². The lowest BCUT2D eigenvalue weighted by atomic mass is 10.1. The van der Waals surface area contributed by atoms with Crippen LogP contribution < -0.4 is 4.72 Å². The third-order valence-electron chi connectivity index (χ3n) is 3.05. The van der Waals surface area contributed by atoms with Crippen LogP contribution in [0, 0.1) is 0 Å². The lowest BCUT2D eigenvalue weighted by Gasteiger charge is -2.09. The molecule has 21 heavy (non-hydrogen) atoms. The summed E-state index contributed by atoms with van der Waals surface area (Å²) in [5, 5.41) is 10.2. The maximum absolute atomic E-state index is 12.1. The van der Waals surface area contributed by atoms with Gasteiger partial charge in [-0.3, -0.25) is 0 Å². The molecule has 0 saturated heterocycles. The second-order valence-corrected chi connectivity index (χ2v) is 7.08. The first-order valence-corrected chi connectivity index (χ1v) is 8.68. The maximum Gasteiger partial charge on any atom is 0.345 e. The topological polar surface area (TPSA) is 83.5 Å². The zero-order valence-corrected chi connectivity index (χ0v) is 13.0. The molecule has 1 aromatic carbocycles. The van der Waals surface area contributed by atoms with Crippen molar-refractivity contribution >= 4 is 27.3 Å². The van der Waals surface area contributed by atoms with Crippen LogP contribution in [0.2, 0.25) is 0 Å². The average Bonchev–Trinajstić information content (AvgIpc) is 2.96. The normalized spacial score (nSPS) is 11.5. The van der Waals surface area contributed by atoms with Crippen molar-refractivity contribution in [3.63, 3.8) is 0 Å². The highest BCUT2D eigenvalue weighted by Crippen LogP contribution is 2.19. The third-order valence-corrected chi connectivity index (χ3v) is 5.50. The van der Waals surface area contributed by atoms with Crippen molar-refractivity contribution in [2.45, 2.75) is 24.8 Å². The standard InChI is InChI=1S/C14H15NO4S2/c1-2-10-5-3-4-6-11(10)8-15-21(18,19)12-7-13(14(16)17)20-9-12/h3-7,9,15H,2,8H2,1H3,(H,16,17). The van der Waals surface area contributed by atoms with Crippen LogP contribution in [-0.2, 0) is 23.0 Å². The number of aryl methyl sites for hydroxylation is 1. The van der Waals surface area contributed by atoms with Gasteiger partial charge < -0.3 is 5.11 Å². The van der Waals surface area contributed by atoms with Gasteiger partial charge in [0.25, 0.3) is 0 Å². The molecule has 0 radical (unpaired) electrons. The molecule has 7 heteroatoms. The van der Waals surface area contributed by atoms with E-state index in [-0.39, 0.29) is 16.3 Å². The first kappa shape index (κ1) is 15.7. The van der Waals surface area contributed by atoms with E-state index in [1.54, 1.807) is 0 Å². The number of hydrogen-bond donors (Lipinski definition) is 2. The van der Waals surface area contributed by atoms with Crippen LogP contribution in [0.1, 0.15) is 27.7 Å². The van der Waals surface area contributed by atoms with Gasteiger partial charge >= 0.3 is 5.97 Å². The van der Waals surface area contributed by atoms with E-state index >= 15 is 0 Å². The molecular weight excluding hydrogens is 310 g/mol. The van der Waals surface area contributed by atoms with Gasteiger partial charge in [0.05, 0.1) is 4.90 Å². The van der Waals surface area contributed by atoms with E-state index in [1.807, 2.05) is 31.2 Å². The van der Waals surface area contributed by atoms with Crippen LogP contribution >= 0.6 is 11.3 Å². The summed E-state index contributed by atoms with van der Waals surface area (Å²) in [6.07, 6.45) is 0.819. The zero-order valence-electron chi connectivity index (χ0n) is 11.4. The minimum Gasteiger partial charge on any atom is -0.477 e. The van der Waals surface area contributed by atoms with Gasteiger partial charge in [0.2, 0.25) is 10.0 Å². The largest absolute Gasteiger partial charge is 0.477 e. The molecular formula is C14H15NO4S2. The molecule has 0 atom stereocenters.